The molecule has 27 heavy (non-hydrogen) atoms. The van der Waals surface area contributed by atoms with Crippen LogP contribution in [-0.2, 0) is 17.6 Å². The van der Waals surface area contributed by atoms with Gasteiger partial charge in [-0.1, -0.05) is 38.1 Å². The number of nitrogens with zero attached hydrogens (tertiary/aromatic N) is 1. The Kier molecular flexibility index (Phi) is 8.65. The monoisotopic (exact) mass is 386 g/mol. The molecule has 4 nitrogen and oxygen atoms in total. The van der Waals surface area contributed by atoms with Crippen LogP contribution in [0.3, 0.4) is 0 Å². The molecular weight excluding hydrogens is 356 g/mol. The zero-order chi connectivity index (χ0) is 19.6. The molecule has 2 aromatic rings. The number of carbonyl (C=O) groups is 2. The third kappa shape index (κ3) is 8.04. The van der Waals surface area contributed by atoms with Crippen molar-refractivity contribution in [1.82, 2.24) is 10.3 Å². The summed E-state index contributed by atoms with van der Waals surface area (Å²) in [5.74, 6) is 0.575. The highest BCUT2D eigenvalue weighted by Crippen LogP contribution is 2.13. The van der Waals surface area contributed by atoms with E-state index in [-0.39, 0.29) is 24.5 Å². The maximum absolute atomic E-state index is 12.2. The van der Waals surface area contributed by atoms with Crippen LogP contribution in [0.15, 0.2) is 29.6 Å². The summed E-state index contributed by atoms with van der Waals surface area (Å²) >= 11 is 1.69. The van der Waals surface area contributed by atoms with Crippen LogP contribution < -0.4 is 5.32 Å². The second kappa shape index (κ2) is 11.0. The highest BCUT2D eigenvalue weighted by atomic mass is 32.1. The molecule has 0 spiro atoms. The second-order valence-electron chi connectivity index (χ2n) is 7.41. The molecule has 0 fully saturated rings. The summed E-state index contributed by atoms with van der Waals surface area (Å²) in [6, 6.07) is 7.77. The summed E-state index contributed by atoms with van der Waals surface area (Å²) < 4.78 is 0. The van der Waals surface area contributed by atoms with E-state index in [0.29, 0.717) is 18.0 Å². The Hall–Kier alpha value is -2.01. The number of Topliss-reactive ketones (excluding diaryl/α,β-unsaturated/α-hetero) is 1. The maximum Gasteiger partial charge on any atom is 0.220 e. The predicted molar refractivity (Wildman–Crippen MR) is 111 cm³/mol. The average molecular weight is 387 g/mol. The number of hydrogen-bond acceptors (Lipinski definition) is 4. The van der Waals surface area contributed by atoms with Crippen LogP contribution in [0.1, 0.15) is 66.2 Å². The minimum Gasteiger partial charge on any atom is -0.356 e. The third-order valence-corrected chi connectivity index (χ3v) is 5.33. The molecule has 1 aromatic heterocycles. The summed E-state index contributed by atoms with van der Waals surface area (Å²) in [7, 11) is 0. The Morgan fingerprint density at radius 2 is 1.85 bits per heavy atom. The molecule has 0 saturated heterocycles. The smallest absolute Gasteiger partial charge is 0.220 e. The summed E-state index contributed by atoms with van der Waals surface area (Å²) in [5.41, 5.74) is 3.00. The van der Waals surface area contributed by atoms with Gasteiger partial charge in [0.15, 0.2) is 5.78 Å². The first-order chi connectivity index (χ1) is 12.9. The van der Waals surface area contributed by atoms with E-state index in [1.54, 1.807) is 11.3 Å². The van der Waals surface area contributed by atoms with Crippen LogP contribution in [0.4, 0.5) is 0 Å². The first-order valence-electron chi connectivity index (χ1n) is 9.74. The number of unbranched alkanes of at least 4 members (excludes halogenated alkanes) is 1. The van der Waals surface area contributed by atoms with Crippen molar-refractivity contribution in [1.29, 1.82) is 0 Å². The van der Waals surface area contributed by atoms with E-state index in [1.165, 1.54) is 5.56 Å². The molecular formula is C22H30N2O2S. The Morgan fingerprint density at radius 3 is 2.48 bits per heavy atom. The number of rotatable bonds is 11. The largest absolute Gasteiger partial charge is 0.356 e. The van der Waals surface area contributed by atoms with E-state index in [4.69, 9.17) is 0 Å². The molecule has 0 atom stereocenters. The zero-order valence-electron chi connectivity index (χ0n) is 16.6. The van der Waals surface area contributed by atoms with E-state index in [2.05, 4.69) is 29.5 Å². The van der Waals surface area contributed by atoms with E-state index in [1.807, 2.05) is 31.2 Å². The molecule has 0 bridgehead atoms. The number of ketones is 1. The van der Waals surface area contributed by atoms with Gasteiger partial charge in [-0.3, -0.25) is 9.59 Å². The van der Waals surface area contributed by atoms with Crippen molar-refractivity contribution in [2.75, 3.05) is 6.54 Å². The molecule has 2 rings (SSSR count). The van der Waals surface area contributed by atoms with Gasteiger partial charge in [0, 0.05) is 36.0 Å². The van der Waals surface area contributed by atoms with E-state index >= 15 is 0 Å². The van der Waals surface area contributed by atoms with Crippen molar-refractivity contribution < 1.29 is 9.59 Å². The van der Waals surface area contributed by atoms with Gasteiger partial charge in [-0.15, -0.1) is 11.3 Å². The number of thiazole rings is 1. The van der Waals surface area contributed by atoms with E-state index in [9.17, 15) is 9.59 Å². The van der Waals surface area contributed by atoms with Gasteiger partial charge >= 0.3 is 0 Å². The highest BCUT2D eigenvalue weighted by Gasteiger charge is 2.09. The number of nitrogens with one attached hydrogen (secondary N) is 1. The topological polar surface area (TPSA) is 59.1 Å². The van der Waals surface area contributed by atoms with Crippen LogP contribution >= 0.6 is 11.3 Å². The standard InChI is InChI=1S/C22H30N2O2S/c1-16(2)14-18-7-9-19(10-8-18)20(25)11-12-21(26)23-13-5-4-6-22-24-17(3)15-27-22/h7-10,15-16H,4-6,11-14H2,1-3H3,(H,23,26). The molecule has 5 heteroatoms. The number of benzene rings is 1. The van der Waals surface area contributed by atoms with Crippen LogP contribution in [-0.4, -0.2) is 23.2 Å². The lowest BCUT2D eigenvalue weighted by Crippen LogP contribution is -2.24. The molecule has 0 radical (unpaired) electrons. The van der Waals surface area contributed by atoms with Gasteiger partial charge in [0.05, 0.1) is 5.01 Å². The van der Waals surface area contributed by atoms with Crippen LogP contribution in [0.5, 0.6) is 0 Å². The summed E-state index contributed by atoms with van der Waals surface area (Å²) in [6.45, 7) is 7.01. The Balaban J connectivity index is 1.60. The maximum atomic E-state index is 12.2. The van der Waals surface area contributed by atoms with E-state index < -0.39 is 0 Å². The number of hydrogen-bond donors (Lipinski definition) is 1. The number of carbonyl (C=O) groups excluding carboxylic acids is 2. The van der Waals surface area contributed by atoms with Gasteiger partial charge in [-0.2, -0.15) is 0 Å². The molecule has 1 heterocycles. The van der Waals surface area contributed by atoms with Crippen molar-refractivity contribution in [2.45, 2.75) is 59.3 Å². The minimum absolute atomic E-state index is 0.0281. The van der Waals surface area contributed by atoms with Crippen molar-refractivity contribution in [3.8, 4) is 0 Å². The lowest BCUT2D eigenvalue weighted by atomic mass is 9.99. The van der Waals surface area contributed by atoms with Crippen LogP contribution in [0.2, 0.25) is 0 Å². The number of aryl methyl sites for hydroxylation is 2. The molecule has 1 aromatic carbocycles. The quantitative estimate of drug-likeness (QED) is 0.448. The molecule has 0 aliphatic rings. The van der Waals surface area contributed by atoms with Crippen molar-refractivity contribution >= 4 is 23.0 Å². The lowest BCUT2D eigenvalue weighted by molar-refractivity contribution is -0.121. The average Bonchev–Trinajstić information content (AvgIpc) is 3.04. The summed E-state index contributed by atoms with van der Waals surface area (Å²) in [4.78, 5) is 28.6. The number of aromatic nitrogens is 1. The molecule has 146 valence electrons. The Labute approximate surface area is 166 Å². The fraction of sp³-hybridized carbons (Fsp3) is 0.500. The van der Waals surface area contributed by atoms with Crippen LogP contribution in [0.25, 0.3) is 0 Å². The van der Waals surface area contributed by atoms with E-state index in [0.717, 1.165) is 36.4 Å². The third-order valence-electron chi connectivity index (χ3n) is 4.31. The molecule has 0 saturated carbocycles. The first-order valence-corrected chi connectivity index (χ1v) is 10.6. The molecule has 0 aliphatic heterocycles. The fourth-order valence-corrected chi connectivity index (χ4v) is 3.72. The molecule has 0 unspecified atom stereocenters. The van der Waals surface area contributed by atoms with Gasteiger partial charge in [0.2, 0.25) is 5.91 Å². The van der Waals surface area contributed by atoms with Crippen LogP contribution in [0, 0.1) is 12.8 Å². The number of amides is 1. The lowest BCUT2D eigenvalue weighted by Gasteiger charge is -2.07. The van der Waals surface area contributed by atoms with Gasteiger partial charge in [-0.05, 0) is 44.1 Å². The van der Waals surface area contributed by atoms with Gasteiger partial charge in [0.1, 0.15) is 0 Å². The van der Waals surface area contributed by atoms with Gasteiger partial charge in [0.25, 0.3) is 0 Å². The Morgan fingerprint density at radius 1 is 1.11 bits per heavy atom. The van der Waals surface area contributed by atoms with Crippen molar-refractivity contribution in [3.63, 3.8) is 0 Å². The van der Waals surface area contributed by atoms with Crippen molar-refractivity contribution in [2.24, 2.45) is 5.92 Å². The predicted octanol–water partition coefficient (Wildman–Crippen LogP) is 4.75. The van der Waals surface area contributed by atoms with Crippen molar-refractivity contribution in [3.05, 3.63) is 51.5 Å². The fourth-order valence-electron chi connectivity index (χ4n) is 2.90. The first kappa shape index (κ1) is 21.3. The summed E-state index contributed by atoms with van der Waals surface area (Å²) in [6.07, 6.45) is 4.41. The van der Waals surface area contributed by atoms with Gasteiger partial charge < -0.3 is 5.32 Å². The molecule has 1 N–H and O–H groups in total. The zero-order valence-corrected chi connectivity index (χ0v) is 17.4. The van der Waals surface area contributed by atoms with Gasteiger partial charge in [-0.25, -0.2) is 4.98 Å². The SMILES string of the molecule is Cc1csc(CCCCNC(=O)CCC(=O)c2ccc(CC(C)C)cc2)n1. The Bertz CT molecular complexity index is 735. The normalized spacial score (nSPS) is 11.0. The molecule has 1 amide bonds. The summed E-state index contributed by atoms with van der Waals surface area (Å²) in [5, 5.41) is 6.12. The highest BCUT2D eigenvalue weighted by molar-refractivity contribution is 7.09. The molecule has 0 aliphatic carbocycles. The second-order valence-corrected chi connectivity index (χ2v) is 8.35. The minimum atomic E-state index is -0.0510.